The highest BCUT2D eigenvalue weighted by atomic mass is 35.5. The van der Waals surface area contributed by atoms with Crippen LogP contribution in [0.15, 0.2) is 48.8 Å². The van der Waals surface area contributed by atoms with Crippen molar-refractivity contribution in [1.29, 1.82) is 0 Å². The van der Waals surface area contributed by atoms with Crippen molar-refractivity contribution < 1.29 is 4.39 Å². The Morgan fingerprint density at radius 3 is 2.43 bits per heavy atom. The van der Waals surface area contributed by atoms with Crippen molar-refractivity contribution in [3.8, 4) is 0 Å². The molecule has 0 aliphatic rings. The van der Waals surface area contributed by atoms with Crippen LogP contribution in [-0.2, 0) is 6.42 Å². The molecule has 2 rings (SSSR count). The minimum absolute atomic E-state index is 0.122. The van der Waals surface area contributed by atoms with E-state index in [1.54, 1.807) is 12.1 Å². The van der Waals surface area contributed by atoms with Gasteiger partial charge >= 0.3 is 0 Å². The molecule has 0 bridgehead atoms. The highest BCUT2D eigenvalue weighted by Gasteiger charge is 2.12. The number of aromatic nitrogens is 1. The zero-order valence-electron chi connectivity index (χ0n) is 12.2. The lowest BCUT2D eigenvalue weighted by molar-refractivity contribution is 0.292. The number of likely N-dealkylation sites (N-methyl/N-ethyl adjacent to an activating group) is 1. The normalized spacial score (nSPS) is 12.6. The Hall–Kier alpha value is -1.45. The first-order valence-corrected chi connectivity index (χ1v) is 7.63. The molecule has 0 aliphatic carbocycles. The van der Waals surface area contributed by atoms with E-state index in [9.17, 15) is 4.39 Å². The number of halogens is 2. The molecule has 1 aromatic heterocycles. The second kappa shape index (κ2) is 8.11. The minimum Gasteiger partial charge on any atom is -0.301 e. The molecule has 1 unspecified atom stereocenters. The summed E-state index contributed by atoms with van der Waals surface area (Å²) >= 11 is 6.44. The standard InChI is InChI=1S/C17H20ClFN2/c1-2-21(12-9-14-7-10-20-11-8-14)13-17(18)15-3-5-16(19)6-4-15/h3-8,10-11,17H,2,9,12-13H2,1H3. The van der Waals surface area contributed by atoms with Crippen LogP contribution >= 0.6 is 11.6 Å². The lowest BCUT2D eigenvalue weighted by atomic mass is 10.1. The van der Waals surface area contributed by atoms with Gasteiger partial charge in [0.05, 0.1) is 5.38 Å². The van der Waals surface area contributed by atoms with Crippen LogP contribution in [0.5, 0.6) is 0 Å². The van der Waals surface area contributed by atoms with Crippen LogP contribution in [0.4, 0.5) is 4.39 Å². The molecule has 1 atom stereocenters. The average Bonchev–Trinajstić information content (AvgIpc) is 2.53. The zero-order valence-corrected chi connectivity index (χ0v) is 12.9. The molecule has 0 aliphatic heterocycles. The van der Waals surface area contributed by atoms with E-state index in [0.29, 0.717) is 0 Å². The number of hydrogen-bond acceptors (Lipinski definition) is 2. The van der Waals surface area contributed by atoms with E-state index >= 15 is 0 Å². The molecular formula is C17H20ClFN2. The third-order valence-corrected chi connectivity index (χ3v) is 3.95. The topological polar surface area (TPSA) is 16.1 Å². The Morgan fingerprint density at radius 1 is 1.14 bits per heavy atom. The lowest BCUT2D eigenvalue weighted by Crippen LogP contribution is -2.29. The Balaban J connectivity index is 1.88. The van der Waals surface area contributed by atoms with Crippen molar-refractivity contribution >= 4 is 11.6 Å². The molecule has 2 nitrogen and oxygen atoms in total. The second-order valence-electron chi connectivity index (χ2n) is 5.02. The molecule has 1 heterocycles. The molecule has 0 saturated heterocycles. The van der Waals surface area contributed by atoms with Gasteiger partial charge in [-0.3, -0.25) is 4.98 Å². The zero-order chi connectivity index (χ0) is 15.1. The van der Waals surface area contributed by atoms with Gasteiger partial charge in [-0.1, -0.05) is 19.1 Å². The predicted molar refractivity (Wildman–Crippen MR) is 85.0 cm³/mol. The molecule has 0 radical (unpaired) electrons. The maximum Gasteiger partial charge on any atom is 0.123 e. The molecule has 0 saturated carbocycles. The van der Waals surface area contributed by atoms with E-state index in [0.717, 1.165) is 31.6 Å². The van der Waals surface area contributed by atoms with Crippen LogP contribution in [-0.4, -0.2) is 29.5 Å². The molecule has 0 amide bonds. The first-order chi connectivity index (χ1) is 10.2. The summed E-state index contributed by atoms with van der Waals surface area (Å²) in [5, 5.41) is -0.122. The maximum absolute atomic E-state index is 12.9. The lowest BCUT2D eigenvalue weighted by Gasteiger charge is -2.23. The molecule has 112 valence electrons. The SMILES string of the molecule is CCN(CCc1ccncc1)CC(Cl)c1ccc(F)cc1. The van der Waals surface area contributed by atoms with Gasteiger partial charge in [-0.05, 0) is 48.4 Å². The molecular weight excluding hydrogens is 287 g/mol. The number of rotatable bonds is 7. The van der Waals surface area contributed by atoms with E-state index in [4.69, 9.17) is 11.6 Å². The Kier molecular flexibility index (Phi) is 6.15. The summed E-state index contributed by atoms with van der Waals surface area (Å²) in [6.07, 6.45) is 4.60. The van der Waals surface area contributed by atoms with Gasteiger partial charge in [0.15, 0.2) is 0 Å². The molecule has 21 heavy (non-hydrogen) atoms. The van der Waals surface area contributed by atoms with Gasteiger partial charge in [0.25, 0.3) is 0 Å². The summed E-state index contributed by atoms with van der Waals surface area (Å²) in [6.45, 7) is 4.77. The molecule has 4 heteroatoms. The number of hydrogen-bond donors (Lipinski definition) is 0. The minimum atomic E-state index is -0.229. The predicted octanol–water partition coefficient (Wildman–Crippen LogP) is 4.07. The van der Waals surface area contributed by atoms with Gasteiger partial charge < -0.3 is 4.90 Å². The number of pyridine rings is 1. The fourth-order valence-corrected chi connectivity index (χ4v) is 2.56. The molecule has 0 N–H and O–H groups in total. The van der Waals surface area contributed by atoms with Crippen LogP contribution in [0.3, 0.4) is 0 Å². The summed E-state index contributed by atoms with van der Waals surface area (Å²) < 4.78 is 12.9. The van der Waals surface area contributed by atoms with E-state index in [1.807, 2.05) is 24.5 Å². The van der Waals surface area contributed by atoms with Gasteiger partial charge in [0, 0.05) is 25.5 Å². The van der Waals surface area contributed by atoms with Gasteiger partial charge in [0.1, 0.15) is 5.82 Å². The monoisotopic (exact) mass is 306 g/mol. The van der Waals surface area contributed by atoms with Crippen LogP contribution < -0.4 is 0 Å². The number of alkyl halides is 1. The number of nitrogens with zero attached hydrogens (tertiary/aromatic N) is 2. The van der Waals surface area contributed by atoms with Gasteiger partial charge in [-0.15, -0.1) is 11.6 Å². The first-order valence-electron chi connectivity index (χ1n) is 7.20. The van der Waals surface area contributed by atoms with Gasteiger partial charge in [0.2, 0.25) is 0 Å². The summed E-state index contributed by atoms with van der Waals surface area (Å²) in [5.74, 6) is -0.229. The van der Waals surface area contributed by atoms with Gasteiger partial charge in [-0.2, -0.15) is 0 Å². The van der Waals surface area contributed by atoms with Crippen LogP contribution in [0.1, 0.15) is 23.4 Å². The van der Waals surface area contributed by atoms with E-state index in [2.05, 4.69) is 16.8 Å². The average molecular weight is 307 g/mol. The third kappa shape index (κ3) is 5.10. The summed E-state index contributed by atoms with van der Waals surface area (Å²) in [7, 11) is 0. The first kappa shape index (κ1) is 15.9. The summed E-state index contributed by atoms with van der Waals surface area (Å²) in [6, 6.07) is 10.5. The van der Waals surface area contributed by atoms with Crippen LogP contribution in [0.25, 0.3) is 0 Å². The van der Waals surface area contributed by atoms with Crippen molar-refractivity contribution in [2.75, 3.05) is 19.6 Å². The highest BCUT2D eigenvalue weighted by Crippen LogP contribution is 2.22. The third-order valence-electron chi connectivity index (χ3n) is 3.56. The fraction of sp³-hybridized carbons (Fsp3) is 0.353. The van der Waals surface area contributed by atoms with E-state index < -0.39 is 0 Å². The Morgan fingerprint density at radius 2 is 1.81 bits per heavy atom. The largest absolute Gasteiger partial charge is 0.301 e. The smallest absolute Gasteiger partial charge is 0.123 e. The second-order valence-corrected chi connectivity index (χ2v) is 5.54. The summed E-state index contributed by atoms with van der Waals surface area (Å²) in [4.78, 5) is 6.33. The Labute approximate surface area is 130 Å². The highest BCUT2D eigenvalue weighted by molar-refractivity contribution is 6.21. The van der Waals surface area contributed by atoms with Crippen LogP contribution in [0.2, 0.25) is 0 Å². The molecule has 0 fully saturated rings. The molecule has 1 aromatic carbocycles. The van der Waals surface area contributed by atoms with Crippen molar-refractivity contribution in [3.05, 3.63) is 65.7 Å². The summed E-state index contributed by atoms with van der Waals surface area (Å²) in [5.41, 5.74) is 2.23. The molecule has 2 aromatic rings. The van der Waals surface area contributed by atoms with Crippen molar-refractivity contribution in [2.45, 2.75) is 18.7 Å². The quantitative estimate of drug-likeness (QED) is 0.717. The van der Waals surface area contributed by atoms with Crippen molar-refractivity contribution in [2.24, 2.45) is 0 Å². The molecule has 0 spiro atoms. The van der Waals surface area contributed by atoms with E-state index in [-0.39, 0.29) is 11.2 Å². The van der Waals surface area contributed by atoms with E-state index in [1.165, 1.54) is 17.7 Å². The van der Waals surface area contributed by atoms with Crippen LogP contribution in [0, 0.1) is 5.82 Å². The fourth-order valence-electron chi connectivity index (χ4n) is 2.22. The number of benzene rings is 1. The van der Waals surface area contributed by atoms with Gasteiger partial charge in [-0.25, -0.2) is 4.39 Å². The maximum atomic E-state index is 12.9. The Bertz CT molecular complexity index is 530. The van der Waals surface area contributed by atoms with Crippen molar-refractivity contribution in [3.63, 3.8) is 0 Å². The van der Waals surface area contributed by atoms with Crippen molar-refractivity contribution in [1.82, 2.24) is 9.88 Å².